The molecule has 6 nitrogen and oxygen atoms in total. The fourth-order valence-electron chi connectivity index (χ4n) is 2.65. The molecule has 9 heteroatoms. The molecule has 0 bridgehead atoms. The van der Waals surface area contributed by atoms with E-state index < -0.39 is 13.8 Å². The Morgan fingerprint density at radius 3 is 1.07 bits per heavy atom. The standard InChI is InChI=1S/C18H36O2.2Ca.H3O4P.4H/c1-2-3-4-5-6-7-8-9-10-11-12-13-14-15-16-17-18(19)20;;;1-5(2,3)4;;;;/h2-17H2,1H3,(H,19,20);;;(H3,1,2,3,4);;;;. The predicted molar refractivity (Wildman–Crippen MR) is 119 cm³/mol. The number of phosphoric acid groups is 1. The van der Waals surface area contributed by atoms with Crippen molar-refractivity contribution in [2.75, 3.05) is 0 Å². The molecule has 0 aromatic rings. The summed E-state index contributed by atoms with van der Waals surface area (Å²) >= 11 is 0. The molecule has 0 aliphatic carbocycles. The number of hydrogen-bond acceptors (Lipinski definition) is 2. The van der Waals surface area contributed by atoms with Crippen molar-refractivity contribution in [2.45, 2.75) is 110 Å². The molecule has 0 spiro atoms. The fraction of sp³-hybridized carbons (Fsp3) is 0.944. The monoisotopic (exact) mass is 466 g/mol. The summed E-state index contributed by atoms with van der Waals surface area (Å²) in [5.74, 6) is -0.653. The third kappa shape index (κ3) is 52.5. The molecule has 160 valence electrons. The van der Waals surface area contributed by atoms with Gasteiger partial charge in [0.2, 0.25) is 0 Å². The maximum atomic E-state index is 10.3. The normalized spacial score (nSPS) is 10.2. The summed E-state index contributed by atoms with van der Waals surface area (Å²) in [6, 6.07) is 0. The molecule has 0 aliphatic heterocycles. The number of carboxylic acid groups (broad SMARTS) is 1. The van der Waals surface area contributed by atoms with Crippen LogP contribution in [-0.2, 0) is 9.36 Å². The number of hydrogen-bond donors (Lipinski definition) is 4. The first-order chi connectivity index (χ1) is 11.8. The van der Waals surface area contributed by atoms with Crippen LogP contribution in [0.2, 0.25) is 0 Å². The molecule has 0 saturated carbocycles. The molecule has 0 atom stereocenters. The van der Waals surface area contributed by atoms with Gasteiger partial charge in [-0.1, -0.05) is 96.8 Å². The third-order valence-corrected chi connectivity index (χ3v) is 3.99. The van der Waals surface area contributed by atoms with Gasteiger partial charge in [-0.25, -0.2) is 4.57 Å². The molecule has 0 aromatic carbocycles. The van der Waals surface area contributed by atoms with E-state index in [0.717, 1.165) is 12.8 Å². The van der Waals surface area contributed by atoms with E-state index in [1.54, 1.807) is 0 Å². The maximum absolute atomic E-state index is 10.3. The van der Waals surface area contributed by atoms with E-state index >= 15 is 0 Å². The molecule has 0 unspecified atom stereocenters. The zero-order valence-electron chi connectivity index (χ0n) is 15.9. The van der Waals surface area contributed by atoms with Gasteiger partial charge in [-0.15, -0.1) is 0 Å². The van der Waals surface area contributed by atoms with Crippen molar-refractivity contribution in [3.05, 3.63) is 0 Å². The molecule has 0 rings (SSSR count). The van der Waals surface area contributed by atoms with E-state index in [0.29, 0.717) is 6.42 Å². The number of carboxylic acids is 1. The van der Waals surface area contributed by atoms with Crippen LogP contribution in [0.5, 0.6) is 0 Å². The van der Waals surface area contributed by atoms with Crippen molar-refractivity contribution in [2.24, 2.45) is 0 Å². The number of unbranched alkanes of at least 4 members (excludes halogenated alkanes) is 14. The molecule has 0 heterocycles. The van der Waals surface area contributed by atoms with Crippen molar-refractivity contribution in [1.82, 2.24) is 0 Å². The Balaban J connectivity index is -0.000000333. The molecule has 0 saturated heterocycles. The van der Waals surface area contributed by atoms with E-state index in [1.807, 2.05) is 0 Å². The Kier molecular flexibility index (Phi) is 38.0. The van der Waals surface area contributed by atoms with Gasteiger partial charge in [-0.2, -0.15) is 0 Å². The van der Waals surface area contributed by atoms with Crippen molar-refractivity contribution in [3.63, 3.8) is 0 Å². The molecule has 27 heavy (non-hydrogen) atoms. The topological polar surface area (TPSA) is 115 Å². The van der Waals surface area contributed by atoms with Gasteiger partial charge in [0.1, 0.15) is 0 Å². The average Bonchev–Trinajstić information content (AvgIpc) is 2.49. The van der Waals surface area contributed by atoms with Crippen LogP contribution in [0.1, 0.15) is 110 Å². The van der Waals surface area contributed by atoms with Gasteiger partial charge in [0.15, 0.2) is 0 Å². The van der Waals surface area contributed by atoms with Gasteiger partial charge in [0, 0.05) is 6.42 Å². The Bertz CT molecular complexity index is 332. The third-order valence-electron chi connectivity index (χ3n) is 3.99. The van der Waals surface area contributed by atoms with E-state index in [2.05, 4.69) is 6.92 Å². The second-order valence-corrected chi connectivity index (χ2v) is 7.63. The minimum atomic E-state index is -4.64. The zero-order valence-corrected chi connectivity index (χ0v) is 16.8. The van der Waals surface area contributed by atoms with E-state index in [9.17, 15) is 4.79 Å². The second kappa shape index (κ2) is 28.1. The van der Waals surface area contributed by atoms with Crippen LogP contribution in [0.25, 0.3) is 0 Å². The average molecular weight is 467 g/mol. The van der Waals surface area contributed by atoms with E-state index in [1.165, 1.54) is 83.5 Å². The van der Waals surface area contributed by atoms with Gasteiger partial charge in [-0.3, -0.25) is 4.79 Å². The number of carbonyl (C=O) groups is 1. The summed E-state index contributed by atoms with van der Waals surface area (Å²) in [6.45, 7) is 2.27. The van der Waals surface area contributed by atoms with Crippen LogP contribution < -0.4 is 0 Å². The molecule has 0 aliphatic rings. The van der Waals surface area contributed by atoms with Crippen LogP contribution in [0.15, 0.2) is 0 Å². The van der Waals surface area contributed by atoms with Crippen molar-refractivity contribution < 1.29 is 29.1 Å². The Hall–Kier alpha value is 2.10. The summed E-state index contributed by atoms with van der Waals surface area (Å²) in [5.41, 5.74) is 0. The Labute approximate surface area is 225 Å². The second-order valence-electron chi connectivity index (χ2n) is 6.61. The van der Waals surface area contributed by atoms with Gasteiger partial charge < -0.3 is 19.8 Å². The summed E-state index contributed by atoms with van der Waals surface area (Å²) < 4.78 is 8.88. The van der Waals surface area contributed by atoms with Crippen LogP contribution in [0.4, 0.5) is 0 Å². The van der Waals surface area contributed by atoms with Crippen LogP contribution in [-0.4, -0.2) is 101 Å². The first kappa shape index (κ1) is 36.5. The summed E-state index contributed by atoms with van der Waals surface area (Å²) in [6.07, 6.45) is 20.2. The summed E-state index contributed by atoms with van der Waals surface area (Å²) in [5, 5.41) is 8.52. The molecule has 0 fully saturated rings. The fourth-order valence-corrected chi connectivity index (χ4v) is 2.65. The van der Waals surface area contributed by atoms with Gasteiger partial charge in [0.05, 0.1) is 0 Å². The first-order valence-corrected chi connectivity index (χ1v) is 11.3. The summed E-state index contributed by atoms with van der Waals surface area (Å²) in [7, 11) is -4.64. The van der Waals surface area contributed by atoms with Crippen LogP contribution >= 0.6 is 7.82 Å². The molecular weight excluding hydrogens is 423 g/mol. The molecular formula is C18H43Ca2O6P. The SMILES string of the molecule is CCCCCCCCCCCCCCCCCC(=O)O.O=P(O)(O)O.[CaH2].[CaH2]. The minimum absolute atomic E-state index is 0. The van der Waals surface area contributed by atoms with Crippen LogP contribution in [0, 0.1) is 0 Å². The number of aliphatic carboxylic acids is 1. The van der Waals surface area contributed by atoms with Crippen LogP contribution in [0.3, 0.4) is 0 Å². The Morgan fingerprint density at radius 1 is 0.630 bits per heavy atom. The van der Waals surface area contributed by atoms with Crippen molar-refractivity contribution in [1.29, 1.82) is 0 Å². The first-order valence-electron chi connectivity index (χ1n) is 9.77. The Morgan fingerprint density at radius 2 is 0.852 bits per heavy atom. The van der Waals surface area contributed by atoms with Gasteiger partial charge in [0.25, 0.3) is 0 Å². The zero-order chi connectivity index (χ0) is 19.4. The molecule has 0 aromatic heterocycles. The summed E-state index contributed by atoms with van der Waals surface area (Å²) in [4.78, 5) is 31.9. The molecule has 0 amide bonds. The molecule has 4 N–H and O–H groups in total. The van der Waals surface area contributed by atoms with Crippen molar-refractivity contribution >= 4 is 89.3 Å². The molecule has 0 radical (unpaired) electrons. The van der Waals surface area contributed by atoms with E-state index in [-0.39, 0.29) is 75.5 Å². The number of rotatable bonds is 16. The van der Waals surface area contributed by atoms with Gasteiger partial charge >= 0.3 is 89.3 Å². The van der Waals surface area contributed by atoms with Gasteiger partial charge in [-0.05, 0) is 6.42 Å². The van der Waals surface area contributed by atoms with Crippen molar-refractivity contribution in [3.8, 4) is 0 Å². The van der Waals surface area contributed by atoms with E-state index in [4.69, 9.17) is 24.4 Å². The predicted octanol–water partition coefficient (Wildman–Crippen LogP) is 3.57. The quantitative estimate of drug-likeness (QED) is 0.157.